The van der Waals surface area contributed by atoms with Gasteiger partial charge in [-0.15, -0.1) is 0 Å². The Balaban J connectivity index is 2.67. The molecule has 0 aromatic heterocycles. The van der Waals surface area contributed by atoms with Crippen molar-refractivity contribution in [3.63, 3.8) is 0 Å². The van der Waals surface area contributed by atoms with Gasteiger partial charge < -0.3 is 5.32 Å². The molecule has 1 rings (SSSR count). The molecule has 0 bridgehead atoms. The van der Waals surface area contributed by atoms with Gasteiger partial charge in [0, 0.05) is 27.2 Å². The molecular weight excluding hydrogens is 313 g/mol. The van der Waals surface area contributed by atoms with Gasteiger partial charge in [-0.3, -0.25) is 0 Å². The third-order valence-corrected chi connectivity index (χ3v) is 4.15. The number of benzene rings is 1. The number of hydrogen-bond acceptors (Lipinski definition) is 1. The minimum absolute atomic E-state index is 0.132. The fourth-order valence-corrected chi connectivity index (χ4v) is 2.87. The van der Waals surface area contributed by atoms with Gasteiger partial charge >= 0.3 is 0 Å². The van der Waals surface area contributed by atoms with Crippen molar-refractivity contribution >= 4 is 34.8 Å². The summed E-state index contributed by atoms with van der Waals surface area (Å²) in [5, 5.41) is 5.44. The van der Waals surface area contributed by atoms with E-state index in [1.165, 1.54) is 0 Å². The van der Waals surface area contributed by atoms with Gasteiger partial charge in [0.2, 0.25) is 0 Å². The van der Waals surface area contributed by atoms with Crippen molar-refractivity contribution in [2.75, 3.05) is 6.54 Å². The molecule has 0 radical (unpaired) electrons. The first-order valence-electron chi connectivity index (χ1n) is 6.89. The van der Waals surface area contributed by atoms with Crippen molar-refractivity contribution in [1.82, 2.24) is 5.32 Å². The van der Waals surface area contributed by atoms with Crippen LogP contribution in [-0.2, 0) is 6.42 Å². The monoisotopic (exact) mass is 335 g/mol. The number of rotatable bonds is 5. The standard InChI is InChI=1S/C16H24Cl3N/c1-15(2,3)20-10-16(4,5)7-6-12-13(18)8-11(17)9-14(12)19/h8-9,20H,6-7,10H2,1-5H3. The fraction of sp³-hybridized carbons (Fsp3) is 0.625. The summed E-state index contributed by atoms with van der Waals surface area (Å²) < 4.78 is 0. The highest BCUT2D eigenvalue weighted by atomic mass is 35.5. The summed E-state index contributed by atoms with van der Waals surface area (Å²) in [7, 11) is 0. The Morgan fingerprint density at radius 3 is 1.90 bits per heavy atom. The molecule has 0 aliphatic rings. The molecule has 0 aliphatic carbocycles. The lowest BCUT2D eigenvalue weighted by Crippen LogP contribution is -2.42. The molecule has 1 N–H and O–H groups in total. The van der Waals surface area contributed by atoms with Crippen LogP contribution in [0.15, 0.2) is 12.1 Å². The zero-order valence-corrected chi connectivity index (χ0v) is 15.2. The molecule has 1 aromatic carbocycles. The predicted molar refractivity (Wildman–Crippen MR) is 91.3 cm³/mol. The lowest BCUT2D eigenvalue weighted by atomic mass is 9.85. The molecule has 0 amide bonds. The van der Waals surface area contributed by atoms with Crippen molar-refractivity contribution in [2.45, 2.75) is 53.0 Å². The summed E-state index contributed by atoms with van der Waals surface area (Å²) >= 11 is 18.4. The lowest BCUT2D eigenvalue weighted by molar-refractivity contribution is 0.273. The van der Waals surface area contributed by atoms with Crippen molar-refractivity contribution < 1.29 is 0 Å². The maximum atomic E-state index is 6.23. The molecular formula is C16H24Cl3N. The van der Waals surface area contributed by atoms with Crippen molar-refractivity contribution in [2.24, 2.45) is 5.41 Å². The van der Waals surface area contributed by atoms with Gasteiger partial charge in [-0.05, 0) is 56.7 Å². The lowest BCUT2D eigenvalue weighted by Gasteiger charge is -2.30. The summed E-state index contributed by atoms with van der Waals surface area (Å²) in [5.74, 6) is 0. The van der Waals surface area contributed by atoms with Gasteiger partial charge in [0.15, 0.2) is 0 Å². The quantitative estimate of drug-likeness (QED) is 0.696. The maximum Gasteiger partial charge on any atom is 0.0467 e. The number of nitrogens with one attached hydrogen (secondary N) is 1. The van der Waals surface area contributed by atoms with Crippen LogP contribution in [0.4, 0.5) is 0 Å². The van der Waals surface area contributed by atoms with E-state index in [1.54, 1.807) is 12.1 Å². The Labute approximate surface area is 138 Å². The molecule has 0 saturated heterocycles. The van der Waals surface area contributed by atoms with Crippen LogP contribution in [-0.4, -0.2) is 12.1 Å². The molecule has 1 nitrogen and oxygen atoms in total. The van der Waals surface area contributed by atoms with E-state index >= 15 is 0 Å². The number of hydrogen-bond donors (Lipinski definition) is 1. The van der Waals surface area contributed by atoms with E-state index in [1.807, 2.05) is 0 Å². The van der Waals surface area contributed by atoms with Crippen LogP contribution in [0, 0.1) is 5.41 Å². The second kappa shape index (κ2) is 6.87. The van der Waals surface area contributed by atoms with Crippen molar-refractivity contribution in [3.8, 4) is 0 Å². The first-order valence-corrected chi connectivity index (χ1v) is 8.02. The SMILES string of the molecule is CC(C)(CCc1c(Cl)cc(Cl)cc1Cl)CNC(C)(C)C. The van der Waals surface area contributed by atoms with E-state index in [0.29, 0.717) is 15.1 Å². The van der Waals surface area contributed by atoms with Crippen LogP contribution in [0.25, 0.3) is 0 Å². The zero-order valence-electron chi connectivity index (χ0n) is 12.9. The maximum absolute atomic E-state index is 6.23. The minimum Gasteiger partial charge on any atom is -0.312 e. The highest BCUT2D eigenvalue weighted by Crippen LogP contribution is 2.32. The van der Waals surface area contributed by atoms with Gasteiger partial charge in [-0.2, -0.15) is 0 Å². The zero-order chi connectivity index (χ0) is 15.6. The molecule has 0 spiro atoms. The van der Waals surface area contributed by atoms with E-state index < -0.39 is 0 Å². The summed E-state index contributed by atoms with van der Waals surface area (Å²) in [6.45, 7) is 12.0. The van der Waals surface area contributed by atoms with Gasteiger partial charge in [0.05, 0.1) is 0 Å². The van der Waals surface area contributed by atoms with Crippen molar-refractivity contribution in [3.05, 3.63) is 32.8 Å². The third-order valence-electron chi connectivity index (χ3n) is 3.25. The van der Waals surface area contributed by atoms with Gasteiger partial charge in [0.25, 0.3) is 0 Å². The average Bonchev–Trinajstić information content (AvgIpc) is 2.24. The largest absolute Gasteiger partial charge is 0.312 e. The Bertz CT molecular complexity index is 438. The van der Waals surface area contributed by atoms with E-state index in [-0.39, 0.29) is 11.0 Å². The first kappa shape index (κ1) is 18.1. The topological polar surface area (TPSA) is 12.0 Å². The molecule has 20 heavy (non-hydrogen) atoms. The van der Waals surface area contributed by atoms with Crippen LogP contribution >= 0.6 is 34.8 Å². The molecule has 0 saturated carbocycles. The van der Waals surface area contributed by atoms with Gasteiger partial charge in [-0.25, -0.2) is 0 Å². The Kier molecular flexibility index (Phi) is 6.22. The van der Waals surface area contributed by atoms with Gasteiger partial charge in [0.1, 0.15) is 0 Å². The number of halogens is 3. The van der Waals surface area contributed by atoms with Crippen LogP contribution < -0.4 is 5.32 Å². The second-order valence-corrected chi connectivity index (χ2v) is 8.37. The summed E-state index contributed by atoms with van der Waals surface area (Å²) in [6.07, 6.45) is 1.87. The minimum atomic E-state index is 0.132. The second-order valence-electron chi connectivity index (χ2n) is 7.12. The smallest absolute Gasteiger partial charge is 0.0467 e. The molecule has 0 aliphatic heterocycles. The molecule has 0 heterocycles. The normalized spacial score (nSPS) is 12.8. The highest BCUT2D eigenvalue weighted by molar-refractivity contribution is 6.39. The molecule has 114 valence electrons. The molecule has 1 aromatic rings. The van der Waals surface area contributed by atoms with Gasteiger partial charge in [-0.1, -0.05) is 48.7 Å². The Hall–Kier alpha value is 0.0500. The highest BCUT2D eigenvalue weighted by Gasteiger charge is 2.22. The van der Waals surface area contributed by atoms with Crippen LogP contribution in [0.2, 0.25) is 15.1 Å². The molecule has 0 atom stereocenters. The van der Waals surface area contributed by atoms with E-state index in [9.17, 15) is 0 Å². The average molecular weight is 337 g/mol. The van der Waals surface area contributed by atoms with E-state index in [4.69, 9.17) is 34.8 Å². The molecule has 0 fully saturated rings. The predicted octanol–water partition coefficient (Wildman–Crippen LogP) is 5.99. The Morgan fingerprint density at radius 1 is 0.950 bits per heavy atom. The molecule has 0 unspecified atom stereocenters. The summed E-state index contributed by atoms with van der Waals surface area (Å²) in [4.78, 5) is 0. The Morgan fingerprint density at radius 2 is 1.45 bits per heavy atom. The van der Waals surface area contributed by atoms with E-state index in [2.05, 4.69) is 39.9 Å². The van der Waals surface area contributed by atoms with E-state index in [0.717, 1.165) is 24.9 Å². The third kappa shape index (κ3) is 6.22. The van der Waals surface area contributed by atoms with Crippen LogP contribution in [0.3, 0.4) is 0 Å². The summed E-state index contributed by atoms with van der Waals surface area (Å²) in [6, 6.07) is 3.51. The fourth-order valence-electron chi connectivity index (χ4n) is 1.87. The van der Waals surface area contributed by atoms with Crippen molar-refractivity contribution in [1.29, 1.82) is 0 Å². The van der Waals surface area contributed by atoms with Crippen LogP contribution in [0.1, 0.15) is 46.6 Å². The van der Waals surface area contributed by atoms with Crippen LogP contribution in [0.5, 0.6) is 0 Å². The first-order chi connectivity index (χ1) is 9.00. The summed E-state index contributed by atoms with van der Waals surface area (Å²) in [5.41, 5.74) is 1.30. The molecule has 4 heteroatoms.